The van der Waals surface area contributed by atoms with Gasteiger partial charge in [0.1, 0.15) is 5.01 Å². The maximum atomic E-state index is 5.82. The number of nitrogens with two attached hydrogens (primary N) is 1. The Kier molecular flexibility index (Phi) is 3.90. The Bertz CT molecular complexity index is 543. The van der Waals surface area contributed by atoms with E-state index < -0.39 is 0 Å². The molecule has 0 saturated carbocycles. The molecule has 18 heavy (non-hydrogen) atoms. The van der Waals surface area contributed by atoms with Crippen molar-refractivity contribution in [1.29, 1.82) is 0 Å². The van der Waals surface area contributed by atoms with E-state index in [4.69, 9.17) is 10.7 Å². The number of hydrogen-bond acceptors (Lipinski definition) is 3. The Balaban J connectivity index is 2.44. The van der Waals surface area contributed by atoms with E-state index in [1.807, 2.05) is 12.1 Å². The van der Waals surface area contributed by atoms with E-state index in [1.165, 1.54) is 4.88 Å². The molecule has 1 aromatic carbocycles. The molecule has 0 amide bonds. The Hall–Kier alpha value is -0.710. The number of thiazole rings is 1. The fraction of sp³-hybridized carbons (Fsp3) is 0.357. The van der Waals surface area contributed by atoms with Crippen molar-refractivity contribution >= 4 is 27.3 Å². The van der Waals surface area contributed by atoms with Gasteiger partial charge in [-0.25, -0.2) is 4.98 Å². The standard InChI is InChI=1S/C14H17BrN2S/c1-9-12(10-4-6-11(15)7-5-10)17-13(18-9)14(2,3)8-16/h4-7H,8,16H2,1-3H3. The van der Waals surface area contributed by atoms with Crippen molar-refractivity contribution in [2.75, 3.05) is 6.54 Å². The molecule has 0 radical (unpaired) electrons. The lowest BCUT2D eigenvalue weighted by atomic mass is 9.95. The minimum absolute atomic E-state index is 0.0525. The van der Waals surface area contributed by atoms with E-state index >= 15 is 0 Å². The minimum Gasteiger partial charge on any atom is -0.330 e. The van der Waals surface area contributed by atoms with E-state index in [2.05, 4.69) is 48.8 Å². The van der Waals surface area contributed by atoms with E-state index in [0.29, 0.717) is 6.54 Å². The summed E-state index contributed by atoms with van der Waals surface area (Å²) in [6, 6.07) is 8.26. The third-order valence-electron chi connectivity index (χ3n) is 3.00. The minimum atomic E-state index is -0.0525. The first-order valence-corrected chi connectivity index (χ1v) is 7.49. The Labute approximate surface area is 120 Å². The van der Waals surface area contributed by atoms with Crippen LogP contribution in [-0.2, 0) is 5.41 Å². The van der Waals surface area contributed by atoms with Gasteiger partial charge >= 0.3 is 0 Å². The maximum absolute atomic E-state index is 5.82. The number of aromatic nitrogens is 1. The molecule has 0 aliphatic heterocycles. The normalized spacial score (nSPS) is 11.8. The number of aryl methyl sites for hydroxylation is 1. The first-order chi connectivity index (χ1) is 8.44. The van der Waals surface area contributed by atoms with Crippen LogP contribution in [0, 0.1) is 6.92 Å². The molecule has 4 heteroatoms. The van der Waals surface area contributed by atoms with E-state index in [9.17, 15) is 0 Å². The SMILES string of the molecule is Cc1sc(C(C)(C)CN)nc1-c1ccc(Br)cc1. The molecule has 96 valence electrons. The van der Waals surface area contributed by atoms with E-state index in [-0.39, 0.29) is 5.41 Å². The summed E-state index contributed by atoms with van der Waals surface area (Å²) in [6.45, 7) is 7.00. The van der Waals surface area contributed by atoms with Gasteiger partial charge < -0.3 is 5.73 Å². The lowest BCUT2D eigenvalue weighted by Crippen LogP contribution is -2.27. The fourth-order valence-electron chi connectivity index (χ4n) is 1.65. The highest BCUT2D eigenvalue weighted by Gasteiger charge is 2.24. The van der Waals surface area contributed by atoms with Crippen LogP contribution in [0.5, 0.6) is 0 Å². The van der Waals surface area contributed by atoms with Crippen molar-refractivity contribution in [3.05, 3.63) is 38.6 Å². The average molecular weight is 325 g/mol. The third kappa shape index (κ3) is 2.66. The van der Waals surface area contributed by atoms with Gasteiger partial charge in [0.15, 0.2) is 0 Å². The van der Waals surface area contributed by atoms with Crippen LogP contribution < -0.4 is 5.73 Å². The molecule has 0 atom stereocenters. The van der Waals surface area contributed by atoms with Crippen LogP contribution in [0.25, 0.3) is 11.3 Å². The third-order valence-corrected chi connectivity index (χ3v) is 4.87. The number of rotatable bonds is 3. The number of hydrogen-bond donors (Lipinski definition) is 1. The van der Waals surface area contributed by atoms with Crippen LogP contribution >= 0.6 is 27.3 Å². The van der Waals surface area contributed by atoms with Crippen LogP contribution in [0.3, 0.4) is 0 Å². The lowest BCUT2D eigenvalue weighted by Gasteiger charge is -2.18. The van der Waals surface area contributed by atoms with Gasteiger partial charge in [-0.05, 0) is 19.1 Å². The Morgan fingerprint density at radius 2 is 1.89 bits per heavy atom. The van der Waals surface area contributed by atoms with Gasteiger partial charge in [0, 0.05) is 26.9 Å². The summed E-state index contributed by atoms with van der Waals surface area (Å²) in [4.78, 5) is 6.02. The molecule has 0 aliphatic carbocycles. The van der Waals surface area contributed by atoms with E-state index in [0.717, 1.165) is 20.7 Å². The largest absolute Gasteiger partial charge is 0.330 e. The van der Waals surface area contributed by atoms with Crippen LogP contribution in [0.1, 0.15) is 23.7 Å². The molecule has 2 rings (SSSR count). The van der Waals surface area contributed by atoms with E-state index in [1.54, 1.807) is 11.3 Å². The highest BCUT2D eigenvalue weighted by atomic mass is 79.9. The van der Waals surface area contributed by atoms with Crippen LogP contribution in [0.4, 0.5) is 0 Å². The summed E-state index contributed by atoms with van der Waals surface area (Å²) >= 11 is 5.19. The molecule has 2 N–H and O–H groups in total. The predicted molar refractivity (Wildman–Crippen MR) is 82.1 cm³/mol. The summed E-state index contributed by atoms with van der Waals surface area (Å²) in [5.41, 5.74) is 8.00. The second-order valence-corrected chi connectivity index (χ2v) is 7.14. The fourth-order valence-corrected chi connectivity index (χ4v) is 2.96. The molecule has 2 nitrogen and oxygen atoms in total. The first kappa shape index (κ1) is 13.7. The Morgan fingerprint density at radius 1 is 1.28 bits per heavy atom. The molecule has 0 unspecified atom stereocenters. The van der Waals surface area contributed by atoms with Crippen molar-refractivity contribution in [3.8, 4) is 11.3 Å². The van der Waals surface area contributed by atoms with Crippen molar-refractivity contribution in [2.45, 2.75) is 26.2 Å². The van der Waals surface area contributed by atoms with Crippen molar-refractivity contribution in [3.63, 3.8) is 0 Å². The number of benzene rings is 1. The van der Waals surface area contributed by atoms with Gasteiger partial charge in [-0.2, -0.15) is 0 Å². The maximum Gasteiger partial charge on any atom is 0.100 e. The molecular formula is C14H17BrN2S. The van der Waals surface area contributed by atoms with Crippen LogP contribution in [0.2, 0.25) is 0 Å². The zero-order valence-corrected chi connectivity index (χ0v) is 13.2. The molecule has 1 aromatic heterocycles. The van der Waals surface area contributed by atoms with Gasteiger partial charge in [-0.3, -0.25) is 0 Å². The molecule has 0 spiro atoms. The lowest BCUT2D eigenvalue weighted by molar-refractivity contribution is 0.536. The molecule has 0 bridgehead atoms. The second kappa shape index (κ2) is 5.11. The summed E-state index contributed by atoms with van der Waals surface area (Å²) in [5, 5.41) is 1.11. The van der Waals surface area contributed by atoms with Crippen molar-refractivity contribution < 1.29 is 0 Å². The quantitative estimate of drug-likeness (QED) is 0.922. The second-order valence-electron chi connectivity index (χ2n) is 5.02. The van der Waals surface area contributed by atoms with Crippen LogP contribution in [0.15, 0.2) is 28.7 Å². The van der Waals surface area contributed by atoms with Gasteiger partial charge in [0.2, 0.25) is 0 Å². The molecule has 0 fully saturated rings. The summed E-state index contributed by atoms with van der Waals surface area (Å²) in [7, 11) is 0. The average Bonchev–Trinajstić information content (AvgIpc) is 2.73. The molecule has 1 heterocycles. The Morgan fingerprint density at radius 3 is 2.44 bits per heavy atom. The highest BCUT2D eigenvalue weighted by molar-refractivity contribution is 9.10. The zero-order valence-electron chi connectivity index (χ0n) is 10.8. The van der Waals surface area contributed by atoms with Crippen LogP contribution in [-0.4, -0.2) is 11.5 Å². The molecule has 0 saturated heterocycles. The zero-order chi connectivity index (χ0) is 13.3. The van der Waals surface area contributed by atoms with Gasteiger partial charge in [0.05, 0.1) is 5.69 Å². The highest BCUT2D eigenvalue weighted by Crippen LogP contribution is 2.33. The number of nitrogens with zero attached hydrogens (tertiary/aromatic N) is 1. The summed E-state index contributed by atoms with van der Waals surface area (Å²) < 4.78 is 1.08. The molecular weight excluding hydrogens is 308 g/mol. The summed E-state index contributed by atoms with van der Waals surface area (Å²) in [6.07, 6.45) is 0. The molecule has 2 aromatic rings. The predicted octanol–water partition coefficient (Wildman–Crippen LogP) is 4.12. The van der Waals surface area contributed by atoms with Gasteiger partial charge in [-0.15, -0.1) is 11.3 Å². The smallest absolute Gasteiger partial charge is 0.100 e. The molecule has 0 aliphatic rings. The topological polar surface area (TPSA) is 38.9 Å². The van der Waals surface area contributed by atoms with Gasteiger partial charge in [-0.1, -0.05) is 41.9 Å². The first-order valence-electron chi connectivity index (χ1n) is 5.88. The van der Waals surface area contributed by atoms with Gasteiger partial charge in [0.25, 0.3) is 0 Å². The van der Waals surface area contributed by atoms with Crippen molar-refractivity contribution in [2.24, 2.45) is 5.73 Å². The summed E-state index contributed by atoms with van der Waals surface area (Å²) in [5.74, 6) is 0. The number of halogens is 1. The monoisotopic (exact) mass is 324 g/mol. The van der Waals surface area contributed by atoms with Crippen molar-refractivity contribution in [1.82, 2.24) is 4.98 Å².